The van der Waals surface area contributed by atoms with Crippen molar-refractivity contribution in [2.75, 3.05) is 47.5 Å². The van der Waals surface area contributed by atoms with E-state index < -0.39 is 24.3 Å². The summed E-state index contributed by atoms with van der Waals surface area (Å²) in [5.41, 5.74) is 0. The average molecular weight is 1120 g/mol. The molecule has 0 fully saturated rings. The van der Waals surface area contributed by atoms with Gasteiger partial charge in [-0.2, -0.15) is 0 Å². The molecule has 79 heavy (non-hydrogen) atoms. The first kappa shape index (κ1) is 77.3. The number of aliphatic carboxylic acids is 1. The number of carboxylic acid groups (broad SMARTS) is 1. The normalized spacial score (nSPS) is 12.6. The summed E-state index contributed by atoms with van der Waals surface area (Å²) in [5, 5.41) is 11.8. The van der Waals surface area contributed by atoms with Crippen LogP contribution in [0.5, 0.6) is 0 Å². The molecule has 2 atom stereocenters. The molecule has 0 N–H and O–H groups in total. The Morgan fingerprint density at radius 1 is 0.329 bits per heavy atom. The average Bonchev–Trinajstić information content (AvgIpc) is 3.42. The molecular weight excluding hydrogens is 983 g/mol. The van der Waals surface area contributed by atoms with Gasteiger partial charge in [0.05, 0.1) is 40.3 Å². The third-order valence-electron chi connectivity index (χ3n) is 16.4. The van der Waals surface area contributed by atoms with E-state index in [0.29, 0.717) is 17.4 Å². The molecule has 0 radical (unpaired) electrons. The quantitative estimate of drug-likeness (QED) is 0.0256. The van der Waals surface area contributed by atoms with Gasteiger partial charge in [0.25, 0.3) is 0 Å². The summed E-state index contributed by atoms with van der Waals surface area (Å²) in [6.07, 6.45) is 70.6. The van der Waals surface area contributed by atoms with Gasteiger partial charge >= 0.3 is 11.9 Å². The lowest BCUT2D eigenvalue weighted by atomic mass is 10.0. The van der Waals surface area contributed by atoms with Gasteiger partial charge in [-0.1, -0.05) is 348 Å². The van der Waals surface area contributed by atoms with Gasteiger partial charge in [0.1, 0.15) is 13.2 Å². The molecule has 0 aliphatic carbocycles. The van der Waals surface area contributed by atoms with Crippen molar-refractivity contribution in [1.29, 1.82) is 0 Å². The number of hydrogen-bond donors (Lipinski definition) is 0. The second-order valence-corrected chi connectivity index (χ2v) is 25.5. The second kappa shape index (κ2) is 62.3. The highest BCUT2D eigenvalue weighted by atomic mass is 16.7. The van der Waals surface area contributed by atoms with Gasteiger partial charge in [0.15, 0.2) is 12.4 Å². The summed E-state index contributed by atoms with van der Waals surface area (Å²) in [7, 11) is 5.95. The molecule has 9 nitrogen and oxygen atoms in total. The fourth-order valence-corrected chi connectivity index (χ4v) is 11.0. The van der Waals surface area contributed by atoms with Crippen molar-refractivity contribution in [3.8, 4) is 0 Å². The van der Waals surface area contributed by atoms with E-state index >= 15 is 0 Å². The Kier molecular flexibility index (Phi) is 61.0. The van der Waals surface area contributed by atoms with E-state index in [-0.39, 0.29) is 32.2 Å². The van der Waals surface area contributed by atoms with Crippen molar-refractivity contribution in [3.63, 3.8) is 0 Å². The number of likely N-dealkylation sites (N-methyl/N-ethyl adjacent to an activating group) is 1. The molecule has 0 aromatic heterocycles. The van der Waals surface area contributed by atoms with Gasteiger partial charge in [-0.25, -0.2) is 0 Å². The maximum absolute atomic E-state index is 12.9. The van der Waals surface area contributed by atoms with Crippen LogP contribution in [-0.2, 0) is 33.3 Å². The Morgan fingerprint density at radius 3 is 0.810 bits per heavy atom. The molecule has 9 heteroatoms. The fraction of sp³-hybridized carbons (Fsp3) is 0.957. The van der Waals surface area contributed by atoms with Crippen molar-refractivity contribution >= 4 is 17.9 Å². The van der Waals surface area contributed by atoms with E-state index in [1.54, 1.807) is 0 Å². The molecule has 0 aliphatic heterocycles. The molecular formula is C70H137NO8. The highest BCUT2D eigenvalue weighted by Gasteiger charge is 2.22. The third-order valence-corrected chi connectivity index (χ3v) is 16.4. The van der Waals surface area contributed by atoms with Crippen LogP contribution in [0.25, 0.3) is 0 Å². The molecule has 0 spiro atoms. The molecule has 470 valence electrons. The van der Waals surface area contributed by atoms with Gasteiger partial charge in [0.2, 0.25) is 0 Å². The Labute approximate surface area is 492 Å². The summed E-state index contributed by atoms with van der Waals surface area (Å²) in [6, 6.07) is 0. The number of carboxylic acids is 1. The molecule has 2 unspecified atom stereocenters. The number of hydrogen-bond acceptors (Lipinski definition) is 8. The first-order chi connectivity index (χ1) is 38.6. The van der Waals surface area contributed by atoms with E-state index in [9.17, 15) is 19.5 Å². The number of ether oxygens (including phenoxy) is 4. The Hall–Kier alpha value is -1.71. The van der Waals surface area contributed by atoms with Crippen LogP contribution in [0.1, 0.15) is 373 Å². The first-order valence-electron chi connectivity index (χ1n) is 35.2. The lowest BCUT2D eigenvalue weighted by Gasteiger charge is -2.26. The predicted octanol–water partition coefficient (Wildman–Crippen LogP) is 20.1. The lowest BCUT2D eigenvalue weighted by molar-refractivity contribution is -0.870. The zero-order valence-corrected chi connectivity index (χ0v) is 53.8. The molecule has 0 bridgehead atoms. The van der Waals surface area contributed by atoms with E-state index in [1.807, 2.05) is 21.1 Å². The van der Waals surface area contributed by atoms with Crippen molar-refractivity contribution in [2.24, 2.45) is 0 Å². The van der Waals surface area contributed by atoms with Crippen molar-refractivity contribution in [3.05, 3.63) is 0 Å². The van der Waals surface area contributed by atoms with Crippen molar-refractivity contribution in [1.82, 2.24) is 0 Å². The third kappa shape index (κ3) is 63.7. The molecule has 0 saturated carbocycles. The summed E-state index contributed by atoms with van der Waals surface area (Å²) >= 11 is 0. The number of rotatable bonds is 67. The number of unbranched alkanes of at least 4 members (excludes halogenated alkanes) is 52. The highest BCUT2D eigenvalue weighted by molar-refractivity contribution is 5.70. The zero-order chi connectivity index (χ0) is 57.6. The lowest BCUT2D eigenvalue weighted by Crippen LogP contribution is -2.44. The molecule has 0 heterocycles. The second-order valence-electron chi connectivity index (χ2n) is 25.5. The topological polar surface area (TPSA) is 111 Å². The van der Waals surface area contributed by atoms with Crippen molar-refractivity contribution < 1.29 is 42.9 Å². The summed E-state index contributed by atoms with van der Waals surface area (Å²) in [5.74, 6) is -2.25. The smallest absolute Gasteiger partial charge is 0.306 e. The summed E-state index contributed by atoms with van der Waals surface area (Å²) < 4.78 is 22.8. The standard InChI is InChI=1S/C70H137NO8/c1-6-8-10-12-14-16-18-20-22-24-26-27-28-29-30-31-32-33-34-35-36-37-38-39-40-41-42-43-45-47-49-51-53-55-57-59-61-68(73)79-66(65-78-70(69(74)75)76-63-62-71(3,4)5)64-77-67(72)60-58-56-54-52-50-48-46-44-25-23-21-19-17-15-13-11-9-7-2/h66,70H,6-65H2,1-5H3. The molecule has 0 aromatic carbocycles. The molecule has 0 saturated heterocycles. The Bertz CT molecular complexity index is 1260. The number of quaternary nitrogens is 1. The number of carbonyl (C=O) groups is 3. The van der Waals surface area contributed by atoms with Gasteiger partial charge < -0.3 is 33.3 Å². The van der Waals surface area contributed by atoms with E-state index in [0.717, 1.165) is 38.5 Å². The van der Waals surface area contributed by atoms with Crippen LogP contribution in [-0.4, -0.2) is 82.3 Å². The van der Waals surface area contributed by atoms with Gasteiger partial charge in [-0.05, 0) is 12.8 Å². The largest absolute Gasteiger partial charge is 0.545 e. The minimum Gasteiger partial charge on any atom is -0.545 e. The summed E-state index contributed by atoms with van der Waals surface area (Å²) in [6.45, 7) is 4.84. The minimum absolute atomic E-state index is 0.154. The monoisotopic (exact) mass is 1120 g/mol. The highest BCUT2D eigenvalue weighted by Crippen LogP contribution is 2.20. The molecule has 0 aliphatic rings. The van der Waals surface area contributed by atoms with Crippen LogP contribution < -0.4 is 5.11 Å². The predicted molar refractivity (Wildman–Crippen MR) is 334 cm³/mol. The zero-order valence-electron chi connectivity index (χ0n) is 53.8. The number of carbonyl (C=O) groups excluding carboxylic acids is 3. The van der Waals surface area contributed by atoms with Crippen LogP contribution in [0.15, 0.2) is 0 Å². The van der Waals surface area contributed by atoms with E-state index in [2.05, 4.69) is 13.8 Å². The maximum Gasteiger partial charge on any atom is 0.306 e. The molecule has 0 aromatic rings. The van der Waals surface area contributed by atoms with E-state index in [1.165, 1.54) is 308 Å². The number of nitrogens with zero attached hydrogens (tertiary/aromatic N) is 1. The number of esters is 2. The van der Waals surface area contributed by atoms with Gasteiger partial charge in [-0.15, -0.1) is 0 Å². The van der Waals surface area contributed by atoms with Crippen LogP contribution in [0.2, 0.25) is 0 Å². The van der Waals surface area contributed by atoms with Crippen molar-refractivity contribution in [2.45, 2.75) is 386 Å². The minimum atomic E-state index is -1.61. The van der Waals surface area contributed by atoms with Gasteiger partial charge in [0, 0.05) is 12.8 Å². The van der Waals surface area contributed by atoms with E-state index in [4.69, 9.17) is 18.9 Å². The van der Waals surface area contributed by atoms with Crippen LogP contribution in [0.3, 0.4) is 0 Å². The maximum atomic E-state index is 12.9. The molecule has 0 amide bonds. The SMILES string of the molecule is CCCCCCCCCCCCCCCCCCCCCCCCCCCCCCCCCCCCCCC(=O)OC(COC(=O)CCCCCCCCCCCCCCCCCCCC)COC(OCC[N+](C)(C)C)C(=O)[O-]. The van der Waals surface area contributed by atoms with Gasteiger partial charge in [-0.3, -0.25) is 9.59 Å². The Balaban J connectivity index is 3.95. The first-order valence-corrected chi connectivity index (χ1v) is 35.2. The van der Waals surface area contributed by atoms with Crippen LogP contribution in [0.4, 0.5) is 0 Å². The van der Waals surface area contributed by atoms with Crippen LogP contribution in [0, 0.1) is 0 Å². The van der Waals surface area contributed by atoms with Crippen LogP contribution >= 0.6 is 0 Å². The summed E-state index contributed by atoms with van der Waals surface area (Å²) in [4.78, 5) is 37.4. The Morgan fingerprint density at radius 2 is 0.570 bits per heavy atom. The molecule has 0 rings (SSSR count). The fourth-order valence-electron chi connectivity index (χ4n) is 11.0.